The van der Waals surface area contributed by atoms with Crippen molar-refractivity contribution in [3.63, 3.8) is 0 Å². The van der Waals surface area contributed by atoms with Crippen LogP contribution in [0.15, 0.2) is 54.3 Å². The Morgan fingerprint density at radius 2 is 2.06 bits per heavy atom. The van der Waals surface area contributed by atoms with Gasteiger partial charge >= 0.3 is 6.18 Å². The Labute approximate surface area is 189 Å². The molecule has 8 nitrogen and oxygen atoms in total. The lowest BCUT2D eigenvalue weighted by Crippen LogP contribution is -2.36. The third-order valence-corrected chi connectivity index (χ3v) is 4.70. The molecule has 0 unspecified atom stereocenters. The molecule has 0 atom stereocenters. The van der Waals surface area contributed by atoms with E-state index in [4.69, 9.17) is 9.47 Å². The van der Waals surface area contributed by atoms with E-state index >= 15 is 0 Å². The summed E-state index contributed by atoms with van der Waals surface area (Å²) in [7, 11) is 1.51. The molecular formula is C22H25F3N6O2. The fourth-order valence-corrected chi connectivity index (χ4v) is 3.16. The third kappa shape index (κ3) is 6.22. The number of halogens is 3. The van der Waals surface area contributed by atoms with Crippen molar-refractivity contribution < 1.29 is 22.6 Å². The number of methoxy groups -OCH3 is 1. The van der Waals surface area contributed by atoms with Gasteiger partial charge in [-0.25, -0.2) is 9.98 Å². The number of morpholine rings is 1. The normalized spacial score (nSPS) is 14.9. The van der Waals surface area contributed by atoms with Crippen molar-refractivity contribution in [3.05, 3.63) is 54.9 Å². The Kier molecular flexibility index (Phi) is 7.88. The number of hydrogen-bond acceptors (Lipinski definition) is 7. The highest BCUT2D eigenvalue weighted by Crippen LogP contribution is 2.35. The van der Waals surface area contributed by atoms with E-state index in [0.717, 1.165) is 18.8 Å². The molecule has 0 spiro atoms. The van der Waals surface area contributed by atoms with Crippen LogP contribution < -0.4 is 20.3 Å². The van der Waals surface area contributed by atoms with Crippen molar-refractivity contribution >= 4 is 29.0 Å². The zero-order valence-electron chi connectivity index (χ0n) is 18.3. The summed E-state index contributed by atoms with van der Waals surface area (Å²) in [5.41, 5.74) is 0.436. The molecule has 2 aromatic rings. The average molecular weight is 462 g/mol. The minimum atomic E-state index is -4.66. The molecular weight excluding hydrogens is 437 g/mol. The van der Waals surface area contributed by atoms with Crippen LogP contribution >= 0.6 is 0 Å². The molecule has 2 heterocycles. The van der Waals surface area contributed by atoms with Crippen LogP contribution in [0.3, 0.4) is 0 Å². The zero-order valence-corrected chi connectivity index (χ0v) is 18.3. The number of ether oxygens (including phenoxy) is 2. The lowest BCUT2D eigenvalue weighted by Gasteiger charge is -2.29. The molecule has 0 bridgehead atoms. The molecule has 1 saturated heterocycles. The minimum absolute atomic E-state index is 0.0404. The van der Waals surface area contributed by atoms with Gasteiger partial charge in [-0.05, 0) is 25.1 Å². The van der Waals surface area contributed by atoms with Gasteiger partial charge in [-0.3, -0.25) is 0 Å². The second-order valence-electron chi connectivity index (χ2n) is 6.88. The Morgan fingerprint density at radius 3 is 2.70 bits per heavy atom. The number of aromatic nitrogens is 2. The molecule has 11 heteroatoms. The molecule has 0 amide bonds. The molecule has 0 saturated carbocycles. The van der Waals surface area contributed by atoms with E-state index in [9.17, 15) is 13.2 Å². The maximum atomic E-state index is 13.5. The second kappa shape index (κ2) is 10.8. The first kappa shape index (κ1) is 24.1. The van der Waals surface area contributed by atoms with Gasteiger partial charge in [0, 0.05) is 37.2 Å². The van der Waals surface area contributed by atoms with Gasteiger partial charge < -0.3 is 25.0 Å². The van der Waals surface area contributed by atoms with E-state index in [1.807, 2.05) is 12.1 Å². The lowest BCUT2D eigenvalue weighted by molar-refractivity contribution is -0.137. The van der Waals surface area contributed by atoms with E-state index in [1.165, 1.54) is 19.4 Å². The first-order valence-corrected chi connectivity index (χ1v) is 10.2. The molecule has 176 valence electrons. The number of alkyl halides is 3. The number of anilines is 4. The summed E-state index contributed by atoms with van der Waals surface area (Å²) in [6.07, 6.45) is 0.409. The number of nitrogens with zero attached hydrogens (tertiary/aromatic N) is 4. The summed E-state index contributed by atoms with van der Waals surface area (Å²) in [6, 6.07) is 5.50. The van der Waals surface area contributed by atoms with Crippen LogP contribution in [0.1, 0.15) is 12.5 Å². The molecule has 2 N–H and O–H groups in total. The Hall–Kier alpha value is -3.60. The molecule has 0 radical (unpaired) electrons. The van der Waals surface area contributed by atoms with Crippen LogP contribution in [0.25, 0.3) is 0 Å². The van der Waals surface area contributed by atoms with Crippen LogP contribution in [0.2, 0.25) is 0 Å². The molecule has 1 aliphatic rings. The number of allylic oxidation sites excluding steroid dienone is 1. The molecule has 3 rings (SSSR count). The van der Waals surface area contributed by atoms with Crippen molar-refractivity contribution in [2.24, 2.45) is 4.99 Å². The quantitative estimate of drug-likeness (QED) is 0.459. The molecule has 1 fully saturated rings. The van der Waals surface area contributed by atoms with Gasteiger partial charge in [0.25, 0.3) is 0 Å². The molecule has 33 heavy (non-hydrogen) atoms. The SMILES string of the molecule is C=CN=C(/C=C\C)Nc1nc(Nc2ccc(N3CCOCC3)cc2OC)ncc1C(F)(F)F. The fourth-order valence-electron chi connectivity index (χ4n) is 3.16. The predicted octanol–water partition coefficient (Wildman–Crippen LogP) is 4.61. The number of nitrogens with one attached hydrogen (secondary N) is 2. The maximum absolute atomic E-state index is 13.5. The molecule has 1 aromatic heterocycles. The van der Waals surface area contributed by atoms with Gasteiger partial charge in [0.15, 0.2) is 0 Å². The van der Waals surface area contributed by atoms with Gasteiger partial charge in [-0.2, -0.15) is 18.2 Å². The first-order valence-electron chi connectivity index (χ1n) is 10.2. The van der Waals surface area contributed by atoms with Crippen molar-refractivity contribution in [1.29, 1.82) is 0 Å². The monoisotopic (exact) mass is 462 g/mol. The summed E-state index contributed by atoms with van der Waals surface area (Å²) < 4.78 is 51.4. The Morgan fingerprint density at radius 1 is 1.30 bits per heavy atom. The largest absolute Gasteiger partial charge is 0.494 e. The van der Waals surface area contributed by atoms with Crippen molar-refractivity contribution in [1.82, 2.24) is 9.97 Å². The topological polar surface area (TPSA) is 83.9 Å². The van der Waals surface area contributed by atoms with E-state index in [2.05, 4.69) is 37.1 Å². The summed E-state index contributed by atoms with van der Waals surface area (Å²) >= 11 is 0. The second-order valence-corrected chi connectivity index (χ2v) is 6.88. The highest BCUT2D eigenvalue weighted by Gasteiger charge is 2.35. The number of hydrogen-bond donors (Lipinski definition) is 2. The lowest BCUT2D eigenvalue weighted by atomic mass is 10.2. The Balaban J connectivity index is 1.91. The standard InChI is InChI=1S/C22H25F3N6O2/c1-4-6-19(26-5-2)29-20-16(22(23,24)25)14-27-21(30-20)28-17-8-7-15(13-18(17)32-3)31-9-11-33-12-10-31/h4-8,13-14H,2,9-12H2,1,3H3,(H2,26,27,28,29,30)/b6-4-. The molecule has 1 aromatic carbocycles. The van der Waals surface area contributed by atoms with Crippen LogP contribution in [-0.4, -0.2) is 49.2 Å². The summed E-state index contributed by atoms with van der Waals surface area (Å²) in [4.78, 5) is 14.0. The van der Waals surface area contributed by atoms with Gasteiger partial charge in [0.1, 0.15) is 23.0 Å². The van der Waals surface area contributed by atoms with E-state index in [-0.39, 0.29) is 11.8 Å². The first-order chi connectivity index (χ1) is 15.9. The van der Waals surface area contributed by atoms with Crippen LogP contribution in [0.5, 0.6) is 5.75 Å². The number of aliphatic imine (C=N–C) groups is 1. The average Bonchev–Trinajstić information content (AvgIpc) is 2.79. The zero-order chi connectivity index (χ0) is 23.8. The highest BCUT2D eigenvalue weighted by molar-refractivity contribution is 6.04. The number of rotatable bonds is 7. The van der Waals surface area contributed by atoms with Gasteiger partial charge in [0.2, 0.25) is 5.95 Å². The van der Waals surface area contributed by atoms with Crippen LogP contribution in [0.4, 0.5) is 36.3 Å². The van der Waals surface area contributed by atoms with E-state index < -0.39 is 17.6 Å². The van der Waals surface area contributed by atoms with Gasteiger partial charge in [-0.1, -0.05) is 12.7 Å². The summed E-state index contributed by atoms with van der Waals surface area (Å²) in [6.45, 7) is 7.99. The van der Waals surface area contributed by atoms with Gasteiger partial charge in [0.05, 0.1) is 26.0 Å². The third-order valence-electron chi connectivity index (χ3n) is 4.70. The summed E-state index contributed by atoms with van der Waals surface area (Å²) in [5, 5.41) is 5.53. The van der Waals surface area contributed by atoms with Crippen molar-refractivity contribution in [2.75, 3.05) is 48.9 Å². The molecule has 0 aliphatic carbocycles. The number of amidine groups is 1. The van der Waals surface area contributed by atoms with Crippen LogP contribution in [-0.2, 0) is 10.9 Å². The van der Waals surface area contributed by atoms with E-state index in [0.29, 0.717) is 30.8 Å². The Bertz CT molecular complexity index is 1030. The van der Waals surface area contributed by atoms with E-state index in [1.54, 1.807) is 19.1 Å². The van der Waals surface area contributed by atoms with Crippen molar-refractivity contribution in [3.8, 4) is 5.75 Å². The maximum Gasteiger partial charge on any atom is 0.421 e. The van der Waals surface area contributed by atoms with Gasteiger partial charge in [-0.15, -0.1) is 0 Å². The fraction of sp³-hybridized carbons (Fsp3) is 0.318. The van der Waals surface area contributed by atoms with Crippen molar-refractivity contribution in [2.45, 2.75) is 13.1 Å². The smallest absolute Gasteiger partial charge is 0.421 e. The number of benzene rings is 1. The van der Waals surface area contributed by atoms with Crippen LogP contribution in [0, 0.1) is 0 Å². The highest BCUT2D eigenvalue weighted by atomic mass is 19.4. The molecule has 1 aliphatic heterocycles. The predicted molar refractivity (Wildman–Crippen MR) is 122 cm³/mol. The minimum Gasteiger partial charge on any atom is -0.494 e. The summed E-state index contributed by atoms with van der Waals surface area (Å²) in [5.74, 6) is 0.166.